The molecule has 0 bridgehead atoms. The van der Waals surface area contributed by atoms with E-state index < -0.39 is 0 Å². The Bertz CT molecular complexity index is 740. The summed E-state index contributed by atoms with van der Waals surface area (Å²) in [6, 6.07) is 13.5. The molecule has 0 unspecified atom stereocenters. The van der Waals surface area contributed by atoms with Gasteiger partial charge in [0, 0.05) is 11.6 Å². The van der Waals surface area contributed by atoms with Crippen LogP contribution < -0.4 is 4.74 Å². The summed E-state index contributed by atoms with van der Waals surface area (Å²) in [4.78, 5) is 4.14. The highest BCUT2D eigenvalue weighted by molar-refractivity contribution is 5.88. The number of aromatic nitrogens is 1. The molecule has 0 atom stereocenters. The summed E-state index contributed by atoms with van der Waals surface area (Å²) in [5.41, 5.74) is 0. The van der Waals surface area contributed by atoms with Crippen LogP contribution in [0.3, 0.4) is 0 Å². The second-order valence-corrected chi connectivity index (χ2v) is 4.09. The highest BCUT2D eigenvalue weighted by Crippen LogP contribution is 2.33. The number of hydrogen-bond acceptors (Lipinski definition) is 4. The van der Waals surface area contributed by atoms with Crippen LogP contribution in [0, 0.1) is 0 Å². The number of fused-ring (bicyclic) bond motifs is 1. The molecule has 0 aliphatic carbocycles. The van der Waals surface area contributed by atoms with Crippen LogP contribution in [-0.2, 0) is 0 Å². The number of phenols is 2. The van der Waals surface area contributed by atoms with E-state index in [1.807, 2.05) is 6.07 Å². The number of nitrogens with zero attached hydrogens (tertiary/aromatic N) is 1. The molecule has 3 aromatic rings. The van der Waals surface area contributed by atoms with Crippen LogP contribution >= 0.6 is 0 Å². The maximum atomic E-state index is 9.70. The fourth-order valence-electron chi connectivity index (χ4n) is 1.86. The predicted molar refractivity (Wildman–Crippen MR) is 71.6 cm³/mol. The fourth-order valence-corrected chi connectivity index (χ4v) is 1.86. The average molecular weight is 253 g/mol. The van der Waals surface area contributed by atoms with Gasteiger partial charge in [0.05, 0.1) is 0 Å². The Morgan fingerprint density at radius 1 is 0.947 bits per heavy atom. The Morgan fingerprint density at radius 3 is 2.63 bits per heavy atom. The molecule has 0 aliphatic heterocycles. The molecule has 4 nitrogen and oxygen atoms in total. The third kappa shape index (κ3) is 2.15. The Morgan fingerprint density at radius 2 is 1.79 bits per heavy atom. The van der Waals surface area contributed by atoms with Crippen LogP contribution in [0.15, 0.2) is 54.7 Å². The number of rotatable bonds is 2. The molecule has 0 saturated heterocycles. The van der Waals surface area contributed by atoms with Crippen LogP contribution in [0.2, 0.25) is 0 Å². The second kappa shape index (κ2) is 4.49. The Labute approximate surface area is 109 Å². The van der Waals surface area contributed by atoms with Gasteiger partial charge in [-0.25, -0.2) is 4.98 Å². The zero-order valence-corrected chi connectivity index (χ0v) is 9.95. The minimum atomic E-state index is 0.0430. The predicted octanol–water partition coefficient (Wildman–Crippen LogP) is 3.44. The minimum absolute atomic E-state index is 0.0430. The smallest absolute Gasteiger partial charge is 0.227 e. The van der Waals surface area contributed by atoms with Crippen molar-refractivity contribution in [3.8, 4) is 23.1 Å². The summed E-state index contributed by atoms with van der Waals surface area (Å²) in [7, 11) is 0. The fraction of sp³-hybridized carbons (Fsp3) is 0. The number of phenolic OH excluding ortho intramolecular Hbond substituents is 2. The van der Waals surface area contributed by atoms with Gasteiger partial charge in [-0.3, -0.25) is 0 Å². The number of aromatic hydroxyl groups is 2. The molecule has 0 radical (unpaired) electrons. The summed E-state index contributed by atoms with van der Waals surface area (Å²) >= 11 is 0. The highest BCUT2D eigenvalue weighted by Gasteiger charge is 2.08. The molecule has 4 heteroatoms. The minimum Gasteiger partial charge on any atom is -0.508 e. The highest BCUT2D eigenvalue weighted by atomic mass is 16.5. The van der Waals surface area contributed by atoms with Crippen LogP contribution in [0.5, 0.6) is 23.1 Å². The molecular formula is C15H11NO3. The van der Waals surface area contributed by atoms with Gasteiger partial charge in [0.25, 0.3) is 0 Å². The molecule has 94 valence electrons. The van der Waals surface area contributed by atoms with Gasteiger partial charge in [-0.15, -0.1) is 0 Å². The van der Waals surface area contributed by atoms with E-state index in [4.69, 9.17) is 4.74 Å². The lowest BCUT2D eigenvalue weighted by molar-refractivity contribution is 0.405. The SMILES string of the molecule is Oc1ccc2ccnc(Oc3ccccc3O)c2c1. The molecule has 1 heterocycles. The summed E-state index contributed by atoms with van der Waals surface area (Å²) in [5.74, 6) is 0.852. The number of ether oxygens (including phenoxy) is 1. The van der Waals surface area contributed by atoms with E-state index in [2.05, 4.69) is 4.98 Å². The molecule has 0 spiro atoms. The first-order valence-electron chi connectivity index (χ1n) is 5.77. The van der Waals surface area contributed by atoms with Crippen LogP contribution in [0.25, 0.3) is 10.8 Å². The summed E-state index contributed by atoms with van der Waals surface area (Å²) in [6.45, 7) is 0. The lowest BCUT2D eigenvalue weighted by Gasteiger charge is -2.09. The van der Waals surface area contributed by atoms with Gasteiger partial charge in [-0.2, -0.15) is 0 Å². The average Bonchev–Trinajstić information content (AvgIpc) is 2.42. The largest absolute Gasteiger partial charge is 0.508 e. The van der Waals surface area contributed by atoms with Crippen LogP contribution in [-0.4, -0.2) is 15.2 Å². The van der Waals surface area contributed by atoms with Gasteiger partial charge in [-0.1, -0.05) is 18.2 Å². The summed E-state index contributed by atoms with van der Waals surface area (Å²) in [6.07, 6.45) is 1.62. The van der Waals surface area contributed by atoms with Crippen LogP contribution in [0.1, 0.15) is 0 Å². The van der Waals surface area contributed by atoms with Gasteiger partial charge in [0.2, 0.25) is 5.88 Å². The number of para-hydroxylation sites is 2. The van der Waals surface area contributed by atoms with Crippen molar-refractivity contribution < 1.29 is 14.9 Å². The molecule has 0 saturated carbocycles. The number of pyridine rings is 1. The molecule has 19 heavy (non-hydrogen) atoms. The van der Waals surface area contributed by atoms with Crippen molar-refractivity contribution in [2.45, 2.75) is 0 Å². The van der Waals surface area contributed by atoms with Crippen molar-refractivity contribution in [1.29, 1.82) is 0 Å². The molecule has 0 aliphatic rings. The van der Waals surface area contributed by atoms with E-state index in [0.29, 0.717) is 17.0 Å². The first-order valence-corrected chi connectivity index (χ1v) is 5.77. The summed E-state index contributed by atoms with van der Waals surface area (Å²) < 4.78 is 5.61. The molecule has 0 amide bonds. The Kier molecular flexibility index (Phi) is 2.68. The standard InChI is InChI=1S/C15H11NO3/c17-11-6-5-10-7-8-16-15(12(10)9-11)19-14-4-2-1-3-13(14)18/h1-9,17-18H. The van der Waals surface area contributed by atoms with Crippen LogP contribution in [0.4, 0.5) is 0 Å². The first-order chi connectivity index (χ1) is 9.24. The molecule has 1 aromatic heterocycles. The van der Waals surface area contributed by atoms with E-state index in [-0.39, 0.29) is 11.5 Å². The Hall–Kier alpha value is -2.75. The Balaban J connectivity index is 2.10. The van der Waals surface area contributed by atoms with Gasteiger partial charge in [0.1, 0.15) is 5.75 Å². The van der Waals surface area contributed by atoms with Gasteiger partial charge in [-0.05, 0) is 35.7 Å². The van der Waals surface area contributed by atoms with Crippen molar-refractivity contribution in [3.63, 3.8) is 0 Å². The van der Waals surface area contributed by atoms with E-state index in [1.54, 1.807) is 42.6 Å². The topological polar surface area (TPSA) is 62.6 Å². The van der Waals surface area contributed by atoms with Gasteiger partial charge < -0.3 is 14.9 Å². The first kappa shape index (κ1) is 11.3. The van der Waals surface area contributed by atoms with E-state index in [1.165, 1.54) is 6.07 Å². The van der Waals surface area contributed by atoms with E-state index in [9.17, 15) is 10.2 Å². The quantitative estimate of drug-likeness (QED) is 0.734. The van der Waals surface area contributed by atoms with Crippen molar-refractivity contribution in [1.82, 2.24) is 4.98 Å². The molecule has 0 fully saturated rings. The molecule has 2 aromatic carbocycles. The normalized spacial score (nSPS) is 10.5. The molecule has 3 rings (SSSR count). The molecule has 2 N–H and O–H groups in total. The van der Waals surface area contributed by atoms with Crippen molar-refractivity contribution in [3.05, 3.63) is 54.7 Å². The van der Waals surface area contributed by atoms with Gasteiger partial charge in [0.15, 0.2) is 11.5 Å². The van der Waals surface area contributed by atoms with Crippen molar-refractivity contribution in [2.75, 3.05) is 0 Å². The number of hydrogen-bond donors (Lipinski definition) is 2. The zero-order valence-electron chi connectivity index (χ0n) is 9.95. The lowest BCUT2D eigenvalue weighted by atomic mass is 10.1. The third-order valence-electron chi connectivity index (χ3n) is 2.79. The zero-order chi connectivity index (χ0) is 13.2. The van der Waals surface area contributed by atoms with Crippen molar-refractivity contribution in [2.24, 2.45) is 0 Å². The molecular weight excluding hydrogens is 242 g/mol. The second-order valence-electron chi connectivity index (χ2n) is 4.09. The monoisotopic (exact) mass is 253 g/mol. The van der Waals surface area contributed by atoms with Crippen molar-refractivity contribution >= 4 is 10.8 Å². The maximum absolute atomic E-state index is 9.70. The van der Waals surface area contributed by atoms with Gasteiger partial charge >= 0.3 is 0 Å². The lowest BCUT2D eigenvalue weighted by Crippen LogP contribution is -1.89. The third-order valence-corrected chi connectivity index (χ3v) is 2.79. The summed E-state index contributed by atoms with van der Waals surface area (Å²) in [5, 5.41) is 20.8. The van der Waals surface area contributed by atoms with E-state index >= 15 is 0 Å². The maximum Gasteiger partial charge on any atom is 0.227 e. The number of benzene rings is 2. The van der Waals surface area contributed by atoms with E-state index in [0.717, 1.165) is 5.39 Å².